The molecule has 29 heavy (non-hydrogen) atoms. The lowest BCUT2D eigenvalue weighted by Crippen LogP contribution is -2.04. The van der Waals surface area contributed by atoms with E-state index in [1.807, 2.05) is 73.6 Å². The highest BCUT2D eigenvalue weighted by atomic mass is 15.3. The first-order valence-corrected chi connectivity index (χ1v) is 9.21. The van der Waals surface area contributed by atoms with Crippen molar-refractivity contribution in [1.29, 1.82) is 0 Å². The van der Waals surface area contributed by atoms with Crippen molar-refractivity contribution < 1.29 is 0 Å². The van der Waals surface area contributed by atoms with Crippen molar-refractivity contribution in [2.75, 3.05) is 5.32 Å². The minimum absolute atomic E-state index is 0.634. The Morgan fingerprint density at radius 1 is 1.10 bits per heavy atom. The van der Waals surface area contributed by atoms with Gasteiger partial charge in [0.15, 0.2) is 11.5 Å². The normalized spacial score (nSPS) is 11.2. The maximum atomic E-state index is 4.76. The Bertz CT molecular complexity index is 1290. The molecule has 0 saturated heterocycles. The number of aryl methyl sites for hydroxylation is 2. The van der Waals surface area contributed by atoms with E-state index in [1.165, 1.54) is 0 Å². The fourth-order valence-corrected chi connectivity index (χ4v) is 3.22. The van der Waals surface area contributed by atoms with Crippen molar-refractivity contribution in [2.45, 2.75) is 13.5 Å². The number of nitrogens with zero attached hydrogens (tertiary/aromatic N) is 8. The van der Waals surface area contributed by atoms with Crippen LogP contribution in [0.5, 0.6) is 0 Å². The standard InChI is InChI=1S/C20H19N9/c1-14-4-3-5-19(25-14)29-17(16-6-7-28-20(8-16)22-13-24-28)9-18(26-29)21-10-15-11-23-27(2)12-15/h3-9,11-13H,10H2,1-2H3,(H,21,26). The summed E-state index contributed by atoms with van der Waals surface area (Å²) in [6, 6.07) is 11.9. The second-order valence-corrected chi connectivity index (χ2v) is 6.82. The van der Waals surface area contributed by atoms with Crippen LogP contribution in [0, 0.1) is 6.92 Å². The Labute approximate surface area is 166 Å². The predicted octanol–water partition coefficient (Wildman–Crippen LogP) is 2.63. The van der Waals surface area contributed by atoms with E-state index in [9.17, 15) is 0 Å². The van der Waals surface area contributed by atoms with Gasteiger partial charge >= 0.3 is 0 Å². The van der Waals surface area contributed by atoms with Gasteiger partial charge in [0.1, 0.15) is 12.1 Å². The van der Waals surface area contributed by atoms with Crippen LogP contribution in [0.4, 0.5) is 5.82 Å². The van der Waals surface area contributed by atoms with E-state index in [4.69, 9.17) is 5.10 Å². The summed E-state index contributed by atoms with van der Waals surface area (Å²) in [6.07, 6.45) is 7.25. The summed E-state index contributed by atoms with van der Waals surface area (Å²) in [4.78, 5) is 8.93. The molecule has 0 aliphatic heterocycles. The van der Waals surface area contributed by atoms with E-state index in [0.717, 1.165) is 39.8 Å². The van der Waals surface area contributed by atoms with Gasteiger partial charge in [-0.15, -0.1) is 5.10 Å². The molecule has 1 N–H and O–H groups in total. The van der Waals surface area contributed by atoms with Gasteiger partial charge in [0.25, 0.3) is 0 Å². The number of pyridine rings is 2. The van der Waals surface area contributed by atoms with Crippen molar-refractivity contribution >= 4 is 11.5 Å². The van der Waals surface area contributed by atoms with Crippen LogP contribution in [0.2, 0.25) is 0 Å². The number of rotatable bonds is 5. The second-order valence-electron chi connectivity index (χ2n) is 6.82. The van der Waals surface area contributed by atoms with Crippen molar-refractivity contribution in [3.05, 3.63) is 72.6 Å². The molecule has 5 rings (SSSR count). The van der Waals surface area contributed by atoms with Gasteiger partial charge in [0.05, 0.1) is 11.9 Å². The van der Waals surface area contributed by atoms with Crippen molar-refractivity contribution in [2.24, 2.45) is 7.05 Å². The third-order valence-electron chi connectivity index (χ3n) is 4.61. The summed E-state index contributed by atoms with van der Waals surface area (Å²) in [5.41, 5.74) is 4.69. The van der Waals surface area contributed by atoms with E-state index >= 15 is 0 Å². The largest absolute Gasteiger partial charge is 0.364 e. The first-order valence-electron chi connectivity index (χ1n) is 9.21. The van der Waals surface area contributed by atoms with Crippen LogP contribution in [0.1, 0.15) is 11.3 Å². The van der Waals surface area contributed by atoms with Crippen LogP contribution in [0.3, 0.4) is 0 Å². The van der Waals surface area contributed by atoms with Crippen molar-refractivity contribution in [3.8, 4) is 17.1 Å². The van der Waals surface area contributed by atoms with Crippen LogP contribution in [-0.2, 0) is 13.6 Å². The van der Waals surface area contributed by atoms with Crippen LogP contribution in [0.25, 0.3) is 22.7 Å². The van der Waals surface area contributed by atoms with Crippen molar-refractivity contribution in [1.82, 2.24) is 39.1 Å². The fourth-order valence-electron chi connectivity index (χ4n) is 3.22. The molecule has 0 atom stereocenters. The number of hydrogen-bond donors (Lipinski definition) is 1. The molecule has 0 aromatic carbocycles. The average molecular weight is 385 g/mol. The smallest absolute Gasteiger partial charge is 0.155 e. The molecule has 5 aromatic rings. The Kier molecular flexibility index (Phi) is 4.05. The quantitative estimate of drug-likeness (QED) is 0.500. The molecule has 0 radical (unpaired) electrons. The van der Waals surface area contributed by atoms with E-state index in [0.29, 0.717) is 6.54 Å². The predicted molar refractivity (Wildman–Crippen MR) is 109 cm³/mol. The zero-order valence-electron chi connectivity index (χ0n) is 16.1. The molecule has 5 aromatic heterocycles. The minimum Gasteiger partial charge on any atom is -0.364 e. The van der Waals surface area contributed by atoms with Gasteiger partial charge in [-0.3, -0.25) is 4.68 Å². The van der Waals surface area contributed by atoms with Gasteiger partial charge in [-0.05, 0) is 31.2 Å². The minimum atomic E-state index is 0.634. The third-order valence-corrected chi connectivity index (χ3v) is 4.61. The van der Waals surface area contributed by atoms with Crippen LogP contribution >= 0.6 is 0 Å². The van der Waals surface area contributed by atoms with Crippen LogP contribution in [-0.4, -0.2) is 39.1 Å². The monoisotopic (exact) mass is 385 g/mol. The highest BCUT2D eigenvalue weighted by Crippen LogP contribution is 2.26. The van der Waals surface area contributed by atoms with E-state index < -0.39 is 0 Å². The highest BCUT2D eigenvalue weighted by Gasteiger charge is 2.14. The van der Waals surface area contributed by atoms with E-state index in [-0.39, 0.29) is 0 Å². The Balaban J connectivity index is 1.56. The molecule has 0 bridgehead atoms. The Hall–Kier alpha value is -4.01. The summed E-state index contributed by atoms with van der Waals surface area (Å²) < 4.78 is 5.36. The lowest BCUT2D eigenvalue weighted by atomic mass is 10.2. The van der Waals surface area contributed by atoms with E-state index in [1.54, 1.807) is 15.5 Å². The second kappa shape index (κ2) is 6.86. The molecule has 5 heterocycles. The number of aromatic nitrogens is 8. The molecule has 144 valence electrons. The highest BCUT2D eigenvalue weighted by molar-refractivity contribution is 5.68. The molecule has 0 fully saturated rings. The molecular formula is C20H19N9. The first-order chi connectivity index (χ1) is 14.2. The molecule has 9 nitrogen and oxygen atoms in total. The number of hydrogen-bond acceptors (Lipinski definition) is 6. The topological polar surface area (TPSA) is 90.8 Å². The Morgan fingerprint density at radius 3 is 2.86 bits per heavy atom. The molecule has 0 saturated carbocycles. The molecule has 0 amide bonds. The van der Waals surface area contributed by atoms with Gasteiger partial charge < -0.3 is 5.32 Å². The molecule has 0 spiro atoms. The average Bonchev–Trinajstić information content (AvgIpc) is 3.45. The summed E-state index contributed by atoms with van der Waals surface area (Å²) in [5, 5.41) is 16.5. The number of nitrogens with one attached hydrogen (secondary N) is 1. The molecule has 0 unspecified atom stereocenters. The maximum Gasteiger partial charge on any atom is 0.155 e. The van der Waals surface area contributed by atoms with Gasteiger partial charge in [-0.25, -0.2) is 19.2 Å². The molecule has 0 aliphatic rings. The van der Waals surface area contributed by atoms with Crippen LogP contribution in [0.15, 0.2) is 61.3 Å². The van der Waals surface area contributed by atoms with E-state index in [2.05, 4.69) is 25.5 Å². The van der Waals surface area contributed by atoms with Gasteiger partial charge in [-0.2, -0.15) is 10.2 Å². The number of fused-ring (bicyclic) bond motifs is 1. The van der Waals surface area contributed by atoms with Crippen LogP contribution < -0.4 is 5.32 Å². The van der Waals surface area contributed by atoms with Gasteiger partial charge in [-0.1, -0.05) is 6.07 Å². The Morgan fingerprint density at radius 2 is 2.03 bits per heavy atom. The fraction of sp³-hybridized carbons (Fsp3) is 0.150. The third kappa shape index (κ3) is 3.33. The van der Waals surface area contributed by atoms with Gasteiger partial charge in [0, 0.05) is 48.9 Å². The van der Waals surface area contributed by atoms with Crippen molar-refractivity contribution in [3.63, 3.8) is 0 Å². The zero-order valence-corrected chi connectivity index (χ0v) is 16.1. The summed E-state index contributed by atoms with van der Waals surface area (Å²) in [5.74, 6) is 1.52. The lowest BCUT2D eigenvalue weighted by Gasteiger charge is -2.07. The van der Waals surface area contributed by atoms with Gasteiger partial charge in [0.2, 0.25) is 0 Å². The number of anilines is 1. The maximum absolute atomic E-state index is 4.76. The summed E-state index contributed by atoms with van der Waals surface area (Å²) >= 11 is 0. The first kappa shape index (κ1) is 17.1. The molecule has 0 aliphatic carbocycles. The summed E-state index contributed by atoms with van der Waals surface area (Å²) in [6.45, 7) is 2.60. The molecule has 9 heteroatoms. The lowest BCUT2D eigenvalue weighted by molar-refractivity contribution is 0.767. The SMILES string of the molecule is Cc1cccc(-n2nc(NCc3cnn(C)c3)cc2-c2ccn3ncnc3c2)n1. The molecular weight excluding hydrogens is 366 g/mol. The zero-order chi connectivity index (χ0) is 19.8. The summed E-state index contributed by atoms with van der Waals surface area (Å²) in [7, 11) is 1.90.